The van der Waals surface area contributed by atoms with Crippen LogP contribution in [-0.2, 0) is 0 Å². The van der Waals surface area contributed by atoms with Gasteiger partial charge in [0.05, 0.1) is 0 Å². The van der Waals surface area contributed by atoms with Gasteiger partial charge in [0.1, 0.15) is 11.5 Å². The number of benzene rings is 2. The zero-order valence-corrected chi connectivity index (χ0v) is 11.4. The van der Waals surface area contributed by atoms with Crippen LogP contribution in [0.4, 0.5) is 0 Å². The summed E-state index contributed by atoms with van der Waals surface area (Å²) in [6.45, 7) is 11.7. The highest BCUT2D eigenvalue weighted by Crippen LogP contribution is 2.26. The third-order valence-corrected chi connectivity index (χ3v) is 3.18. The maximum Gasteiger partial charge on any atom is 0.128 e. The van der Waals surface area contributed by atoms with Crippen LogP contribution in [0.25, 0.3) is 12.2 Å². The van der Waals surface area contributed by atoms with Crippen molar-refractivity contribution in [2.45, 2.75) is 13.8 Å². The number of ether oxygens (including phenoxy) is 1. The summed E-state index contributed by atoms with van der Waals surface area (Å²) in [5.74, 6) is 1.64. The Morgan fingerprint density at radius 1 is 0.789 bits per heavy atom. The average molecular weight is 250 g/mol. The molecule has 96 valence electrons. The first-order valence-corrected chi connectivity index (χ1v) is 6.28. The molecular formula is C18H18O. The summed E-state index contributed by atoms with van der Waals surface area (Å²) in [5.41, 5.74) is 4.57. The van der Waals surface area contributed by atoms with Crippen LogP contribution in [0.1, 0.15) is 22.3 Å². The summed E-state index contributed by atoms with van der Waals surface area (Å²) in [7, 11) is 0. The maximum atomic E-state index is 5.88. The Labute approximate surface area is 114 Å². The van der Waals surface area contributed by atoms with Crippen LogP contribution in [0.2, 0.25) is 0 Å². The van der Waals surface area contributed by atoms with E-state index in [0.29, 0.717) is 0 Å². The van der Waals surface area contributed by atoms with Crippen molar-refractivity contribution in [1.82, 2.24) is 0 Å². The minimum Gasteiger partial charge on any atom is -0.457 e. The molecule has 0 saturated heterocycles. The molecule has 0 atom stereocenters. The van der Waals surface area contributed by atoms with Crippen LogP contribution < -0.4 is 4.74 Å². The molecule has 0 aliphatic heterocycles. The molecule has 2 aromatic carbocycles. The highest BCUT2D eigenvalue weighted by molar-refractivity contribution is 5.56. The molecule has 0 aliphatic carbocycles. The van der Waals surface area contributed by atoms with E-state index >= 15 is 0 Å². The summed E-state index contributed by atoms with van der Waals surface area (Å²) in [5, 5.41) is 0. The highest BCUT2D eigenvalue weighted by Gasteiger charge is 2.02. The van der Waals surface area contributed by atoms with Crippen molar-refractivity contribution in [3.05, 3.63) is 71.8 Å². The second kappa shape index (κ2) is 5.57. The van der Waals surface area contributed by atoms with E-state index in [1.165, 1.54) is 11.1 Å². The molecule has 1 heteroatoms. The number of rotatable bonds is 4. The lowest BCUT2D eigenvalue weighted by Gasteiger charge is -2.10. The monoisotopic (exact) mass is 250 g/mol. The van der Waals surface area contributed by atoms with Gasteiger partial charge in [-0.15, -0.1) is 0 Å². The summed E-state index contributed by atoms with van der Waals surface area (Å²) in [6, 6.07) is 12.0. The maximum absolute atomic E-state index is 5.88. The van der Waals surface area contributed by atoms with Gasteiger partial charge < -0.3 is 4.74 Å². The molecule has 0 N–H and O–H groups in total. The topological polar surface area (TPSA) is 9.23 Å². The number of hydrogen-bond acceptors (Lipinski definition) is 1. The van der Waals surface area contributed by atoms with Crippen molar-refractivity contribution in [2.75, 3.05) is 0 Å². The predicted octanol–water partition coefficient (Wildman–Crippen LogP) is 5.38. The van der Waals surface area contributed by atoms with Gasteiger partial charge in [-0.2, -0.15) is 0 Å². The van der Waals surface area contributed by atoms with E-state index in [-0.39, 0.29) is 0 Å². The first-order chi connectivity index (χ1) is 9.13. The van der Waals surface area contributed by atoms with Crippen LogP contribution in [0.3, 0.4) is 0 Å². The molecule has 0 bridgehead atoms. The largest absolute Gasteiger partial charge is 0.457 e. The summed E-state index contributed by atoms with van der Waals surface area (Å²) in [6.07, 6.45) is 3.68. The standard InChI is InChI=1S/C18H18O/c1-5-15-11-17(9-7-13(15)3)19-18-10-8-14(4)16(6-2)12-18/h5-12H,1-2H2,3-4H3. The van der Waals surface area contributed by atoms with E-state index in [9.17, 15) is 0 Å². The van der Waals surface area contributed by atoms with Crippen LogP contribution in [0.15, 0.2) is 49.6 Å². The summed E-state index contributed by atoms with van der Waals surface area (Å²) < 4.78 is 5.88. The predicted molar refractivity (Wildman–Crippen MR) is 82.6 cm³/mol. The van der Waals surface area contributed by atoms with Gasteiger partial charge in [-0.3, -0.25) is 0 Å². The molecule has 0 saturated carbocycles. The molecule has 2 aromatic rings. The Morgan fingerprint density at radius 2 is 1.21 bits per heavy atom. The van der Waals surface area contributed by atoms with Crippen molar-refractivity contribution >= 4 is 12.2 Å². The van der Waals surface area contributed by atoms with Crippen molar-refractivity contribution in [1.29, 1.82) is 0 Å². The van der Waals surface area contributed by atoms with Crippen LogP contribution >= 0.6 is 0 Å². The lowest BCUT2D eigenvalue weighted by Crippen LogP contribution is -1.89. The fourth-order valence-electron chi connectivity index (χ4n) is 1.94. The van der Waals surface area contributed by atoms with E-state index in [2.05, 4.69) is 27.0 Å². The van der Waals surface area contributed by atoms with E-state index < -0.39 is 0 Å². The minimum atomic E-state index is 0.819. The number of aryl methyl sites for hydroxylation is 2. The molecule has 0 fully saturated rings. The SMILES string of the molecule is C=Cc1cc(Oc2ccc(C)c(C=C)c2)ccc1C. The Hall–Kier alpha value is -2.28. The third kappa shape index (κ3) is 2.94. The molecule has 1 nitrogen and oxygen atoms in total. The molecule has 0 amide bonds. The summed E-state index contributed by atoms with van der Waals surface area (Å²) >= 11 is 0. The van der Waals surface area contributed by atoms with Gasteiger partial charge >= 0.3 is 0 Å². The summed E-state index contributed by atoms with van der Waals surface area (Å²) in [4.78, 5) is 0. The molecule has 0 unspecified atom stereocenters. The molecule has 0 aromatic heterocycles. The molecular weight excluding hydrogens is 232 g/mol. The fraction of sp³-hybridized carbons (Fsp3) is 0.111. The Morgan fingerprint density at radius 3 is 1.58 bits per heavy atom. The highest BCUT2D eigenvalue weighted by atomic mass is 16.5. The first-order valence-electron chi connectivity index (χ1n) is 6.28. The smallest absolute Gasteiger partial charge is 0.128 e. The van der Waals surface area contributed by atoms with Crippen LogP contribution in [-0.4, -0.2) is 0 Å². The van der Waals surface area contributed by atoms with Gasteiger partial charge in [0.2, 0.25) is 0 Å². The van der Waals surface area contributed by atoms with Crippen molar-refractivity contribution in [3.63, 3.8) is 0 Å². The molecule has 2 rings (SSSR count). The van der Waals surface area contributed by atoms with E-state index in [1.54, 1.807) is 0 Å². The molecule has 0 heterocycles. The Bertz CT molecular complexity index is 568. The second-order valence-electron chi connectivity index (χ2n) is 4.55. The Kier molecular flexibility index (Phi) is 3.86. The van der Waals surface area contributed by atoms with Crippen LogP contribution in [0, 0.1) is 13.8 Å². The van der Waals surface area contributed by atoms with Gasteiger partial charge in [0.25, 0.3) is 0 Å². The van der Waals surface area contributed by atoms with Crippen molar-refractivity contribution in [2.24, 2.45) is 0 Å². The average Bonchev–Trinajstić information content (AvgIpc) is 2.43. The van der Waals surface area contributed by atoms with Crippen molar-refractivity contribution < 1.29 is 4.74 Å². The lowest BCUT2D eigenvalue weighted by atomic mass is 10.1. The zero-order chi connectivity index (χ0) is 13.8. The van der Waals surface area contributed by atoms with E-state index in [4.69, 9.17) is 4.74 Å². The second-order valence-corrected chi connectivity index (χ2v) is 4.55. The quantitative estimate of drug-likeness (QED) is 0.707. The number of hydrogen-bond donors (Lipinski definition) is 0. The molecule has 0 radical (unpaired) electrons. The van der Waals surface area contributed by atoms with E-state index in [0.717, 1.165) is 22.6 Å². The Balaban J connectivity index is 2.30. The van der Waals surface area contributed by atoms with Crippen LogP contribution in [0.5, 0.6) is 11.5 Å². The third-order valence-electron chi connectivity index (χ3n) is 3.18. The van der Waals surface area contributed by atoms with Gasteiger partial charge in [-0.05, 0) is 60.4 Å². The normalized spacial score (nSPS) is 10.0. The molecule has 19 heavy (non-hydrogen) atoms. The first kappa shape index (κ1) is 13.2. The zero-order valence-electron chi connectivity index (χ0n) is 11.4. The minimum absolute atomic E-state index is 0.819. The molecule has 0 spiro atoms. The van der Waals surface area contributed by atoms with E-state index in [1.807, 2.05) is 48.6 Å². The lowest BCUT2D eigenvalue weighted by molar-refractivity contribution is 0.482. The van der Waals surface area contributed by atoms with Gasteiger partial charge in [-0.25, -0.2) is 0 Å². The van der Waals surface area contributed by atoms with Gasteiger partial charge in [-0.1, -0.05) is 37.4 Å². The molecule has 0 aliphatic rings. The fourth-order valence-corrected chi connectivity index (χ4v) is 1.94. The van der Waals surface area contributed by atoms with Crippen molar-refractivity contribution in [3.8, 4) is 11.5 Å². The van der Waals surface area contributed by atoms with Gasteiger partial charge in [0.15, 0.2) is 0 Å². The van der Waals surface area contributed by atoms with Gasteiger partial charge in [0, 0.05) is 0 Å².